The highest BCUT2D eigenvalue weighted by Gasteiger charge is 2.42. The van der Waals surface area contributed by atoms with E-state index in [1.165, 1.54) is 34.0 Å². The van der Waals surface area contributed by atoms with Gasteiger partial charge in [-0.2, -0.15) is 26.3 Å². The zero-order valence-corrected chi connectivity index (χ0v) is 24.4. The van der Waals surface area contributed by atoms with Gasteiger partial charge >= 0.3 is 12.4 Å². The zero-order valence-electron chi connectivity index (χ0n) is 23.6. The molecule has 230 valence electrons. The molecule has 43 heavy (non-hydrogen) atoms. The van der Waals surface area contributed by atoms with E-state index in [0.717, 1.165) is 4.90 Å². The minimum absolute atomic E-state index is 0.0195. The maximum Gasteiger partial charge on any atom is 0.416 e. The van der Waals surface area contributed by atoms with Crippen molar-refractivity contribution in [1.29, 1.82) is 0 Å². The van der Waals surface area contributed by atoms with Crippen molar-refractivity contribution in [2.24, 2.45) is 11.7 Å². The van der Waals surface area contributed by atoms with Crippen LogP contribution in [0.1, 0.15) is 43.9 Å². The summed E-state index contributed by atoms with van der Waals surface area (Å²) in [7, 11) is 1.35. The predicted octanol–water partition coefficient (Wildman–Crippen LogP) is 7.08. The largest absolute Gasteiger partial charge is 0.416 e. The smallest absolute Gasteiger partial charge is 0.341 e. The van der Waals surface area contributed by atoms with Crippen LogP contribution < -0.4 is 15.5 Å². The molecule has 0 spiro atoms. The van der Waals surface area contributed by atoms with E-state index >= 15 is 0 Å². The highest BCUT2D eigenvalue weighted by atomic mass is 35.5. The van der Waals surface area contributed by atoms with Gasteiger partial charge < -0.3 is 15.5 Å². The van der Waals surface area contributed by atoms with Crippen LogP contribution in [0.3, 0.4) is 0 Å². The number of halogens is 7. The van der Waals surface area contributed by atoms with E-state index < -0.39 is 52.4 Å². The average molecular weight is 627 g/mol. The van der Waals surface area contributed by atoms with E-state index in [0.29, 0.717) is 47.1 Å². The van der Waals surface area contributed by atoms with Crippen LogP contribution in [0.15, 0.2) is 54.7 Å². The number of rotatable bonds is 6. The van der Waals surface area contributed by atoms with Crippen molar-refractivity contribution in [2.75, 3.05) is 23.4 Å². The van der Waals surface area contributed by atoms with E-state index in [2.05, 4.69) is 4.98 Å². The molecule has 1 amide bonds. The molecular formula is C30H29ClF6N4O2. The van der Waals surface area contributed by atoms with Crippen LogP contribution in [0, 0.1) is 5.92 Å². The number of hydrogen-bond donors (Lipinski definition) is 1. The number of carbonyl (C=O) groups is 2. The SMILES string of the molecule is CC(=O)C1CCN(c2cc(-c3ccccc3Cl)c(N(C)C(=O)C(C)(C)c3cc(C(F)(F)F)cc(C(F)(F)F)c3)cn2)[C@H]1N. The van der Waals surface area contributed by atoms with E-state index in [1.54, 1.807) is 35.2 Å². The second-order valence-corrected chi connectivity index (χ2v) is 11.4. The Labute approximate surface area is 249 Å². The fourth-order valence-electron chi connectivity index (χ4n) is 5.25. The second kappa shape index (κ2) is 11.5. The van der Waals surface area contributed by atoms with Crippen LogP contribution in [0.25, 0.3) is 11.1 Å². The van der Waals surface area contributed by atoms with Crippen molar-refractivity contribution < 1.29 is 35.9 Å². The first-order chi connectivity index (χ1) is 19.8. The number of Topliss-reactive ketones (excluding diaryl/α,β-unsaturated/α-hetero) is 1. The normalized spacial score (nSPS) is 17.7. The summed E-state index contributed by atoms with van der Waals surface area (Å²) in [4.78, 5) is 33.3. The van der Waals surface area contributed by atoms with Crippen molar-refractivity contribution in [1.82, 2.24) is 4.98 Å². The van der Waals surface area contributed by atoms with Crippen molar-refractivity contribution in [3.8, 4) is 11.1 Å². The van der Waals surface area contributed by atoms with Crippen LogP contribution in [-0.4, -0.2) is 36.4 Å². The summed E-state index contributed by atoms with van der Waals surface area (Å²) in [6, 6.07) is 9.50. The first-order valence-corrected chi connectivity index (χ1v) is 13.6. The summed E-state index contributed by atoms with van der Waals surface area (Å²) in [5.41, 5.74) is 2.12. The number of nitrogens with zero attached hydrogens (tertiary/aromatic N) is 3. The fourth-order valence-corrected chi connectivity index (χ4v) is 5.49. The lowest BCUT2D eigenvalue weighted by molar-refractivity contribution is -0.143. The highest BCUT2D eigenvalue weighted by Crippen LogP contribution is 2.42. The third kappa shape index (κ3) is 6.35. The third-order valence-electron chi connectivity index (χ3n) is 7.81. The molecular weight excluding hydrogens is 598 g/mol. The maximum absolute atomic E-state index is 13.9. The molecule has 13 heteroatoms. The van der Waals surface area contributed by atoms with Gasteiger partial charge in [0.15, 0.2) is 0 Å². The quantitative estimate of drug-likeness (QED) is 0.296. The van der Waals surface area contributed by atoms with E-state index in [-0.39, 0.29) is 17.5 Å². The molecule has 0 radical (unpaired) electrons. The third-order valence-corrected chi connectivity index (χ3v) is 8.14. The molecule has 1 fully saturated rings. The molecule has 0 bridgehead atoms. The Kier molecular flexibility index (Phi) is 8.60. The van der Waals surface area contributed by atoms with Crippen molar-refractivity contribution in [3.63, 3.8) is 0 Å². The molecule has 2 atom stereocenters. The van der Waals surface area contributed by atoms with Gasteiger partial charge in [-0.15, -0.1) is 0 Å². The number of benzene rings is 2. The number of carbonyl (C=O) groups excluding carboxylic acids is 2. The molecule has 1 aliphatic rings. The van der Waals surface area contributed by atoms with Gasteiger partial charge in [0, 0.05) is 29.7 Å². The molecule has 1 unspecified atom stereocenters. The lowest BCUT2D eigenvalue weighted by atomic mass is 9.81. The Morgan fingerprint density at radius 1 is 0.953 bits per heavy atom. The molecule has 1 aliphatic heterocycles. The number of amides is 1. The van der Waals surface area contributed by atoms with Crippen molar-refractivity contribution in [2.45, 2.75) is 51.1 Å². The summed E-state index contributed by atoms with van der Waals surface area (Å²) >= 11 is 6.51. The second-order valence-electron chi connectivity index (χ2n) is 11.0. The van der Waals surface area contributed by atoms with Gasteiger partial charge in [-0.3, -0.25) is 9.59 Å². The Balaban J connectivity index is 1.81. The summed E-state index contributed by atoms with van der Waals surface area (Å²) < 4.78 is 81.4. The number of likely N-dealkylation sites (N-methyl/N-ethyl adjacent to an activating group) is 1. The van der Waals surface area contributed by atoms with Crippen LogP contribution in [-0.2, 0) is 27.4 Å². The number of aromatic nitrogens is 1. The summed E-state index contributed by atoms with van der Waals surface area (Å²) in [6.07, 6.45) is -8.91. The molecule has 2 N–H and O–H groups in total. The van der Waals surface area contributed by atoms with Gasteiger partial charge in [0.25, 0.3) is 0 Å². The van der Waals surface area contributed by atoms with E-state index in [9.17, 15) is 35.9 Å². The number of hydrogen-bond acceptors (Lipinski definition) is 5. The number of anilines is 2. The van der Waals surface area contributed by atoms with Gasteiger partial charge in [-0.25, -0.2) is 4.98 Å². The first kappa shape index (κ1) is 32.3. The number of alkyl halides is 6. The Bertz CT molecular complexity index is 1520. The fraction of sp³-hybridized carbons (Fsp3) is 0.367. The van der Waals surface area contributed by atoms with E-state index in [1.807, 2.05) is 0 Å². The van der Waals surface area contributed by atoms with Crippen LogP contribution in [0.2, 0.25) is 5.02 Å². The van der Waals surface area contributed by atoms with Crippen molar-refractivity contribution >= 4 is 34.8 Å². The van der Waals surface area contributed by atoms with Gasteiger partial charge in [-0.05, 0) is 63.1 Å². The minimum atomic E-state index is -5.07. The molecule has 0 saturated carbocycles. The van der Waals surface area contributed by atoms with Crippen LogP contribution >= 0.6 is 11.6 Å². The van der Waals surface area contributed by atoms with Crippen LogP contribution in [0.5, 0.6) is 0 Å². The Hall–Kier alpha value is -3.64. The van der Waals surface area contributed by atoms with E-state index in [4.69, 9.17) is 17.3 Å². The minimum Gasteiger partial charge on any atom is -0.341 e. The Morgan fingerprint density at radius 2 is 1.51 bits per heavy atom. The summed E-state index contributed by atoms with van der Waals surface area (Å²) in [5, 5.41) is 0.320. The summed E-state index contributed by atoms with van der Waals surface area (Å²) in [5.74, 6) is -0.849. The van der Waals surface area contributed by atoms with Gasteiger partial charge in [0.05, 0.1) is 40.5 Å². The monoisotopic (exact) mass is 626 g/mol. The molecule has 4 rings (SSSR count). The average Bonchev–Trinajstić information content (AvgIpc) is 3.32. The standard InChI is InChI=1S/C30H29ClF6N4O2/c1-16(42)20-9-10-41(26(20)38)25-14-22(21-7-5-6-8-23(21)31)24(15-39-25)40(4)27(43)28(2,3)17-11-18(29(32,33)34)13-19(12-17)30(35,36)37/h5-8,11-15,20,26H,9-10,38H2,1-4H3/t20?,26-/m1/s1. The molecule has 3 aromatic rings. The van der Waals surface area contributed by atoms with Crippen molar-refractivity contribution in [3.05, 3.63) is 76.4 Å². The molecule has 1 saturated heterocycles. The lowest BCUT2D eigenvalue weighted by Crippen LogP contribution is -2.43. The predicted molar refractivity (Wildman–Crippen MR) is 152 cm³/mol. The maximum atomic E-state index is 13.9. The number of pyridine rings is 1. The highest BCUT2D eigenvalue weighted by molar-refractivity contribution is 6.33. The van der Waals surface area contributed by atoms with Gasteiger partial charge in [0.2, 0.25) is 5.91 Å². The number of ketones is 1. The molecule has 2 aromatic carbocycles. The van der Waals surface area contributed by atoms with Gasteiger partial charge in [0.1, 0.15) is 11.6 Å². The molecule has 2 heterocycles. The summed E-state index contributed by atoms with van der Waals surface area (Å²) in [6.45, 7) is 4.41. The zero-order chi connectivity index (χ0) is 32.1. The number of nitrogens with two attached hydrogens (primary N) is 1. The van der Waals surface area contributed by atoms with Crippen LogP contribution in [0.4, 0.5) is 37.8 Å². The molecule has 6 nitrogen and oxygen atoms in total. The molecule has 0 aliphatic carbocycles. The first-order valence-electron chi connectivity index (χ1n) is 13.2. The molecule has 1 aromatic heterocycles. The van der Waals surface area contributed by atoms with Gasteiger partial charge in [-0.1, -0.05) is 29.8 Å². The lowest BCUT2D eigenvalue weighted by Gasteiger charge is -2.32. The topological polar surface area (TPSA) is 79.5 Å². The Morgan fingerprint density at radius 3 is 2.02 bits per heavy atom.